The Labute approximate surface area is 115 Å². The molecule has 1 aromatic carbocycles. The second-order valence-electron chi connectivity index (χ2n) is 4.89. The number of hydrogen-bond acceptors (Lipinski definition) is 3. The summed E-state index contributed by atoms with van der Waals surface area (Å²) in [5, 5.41) is 2.90. The van der Waals surface area contributed by atoms with Crippen molar-refractivity contribution in [3.05, 3.63) is 23.8 Å². The van der Waals surface area contributed by atoms with E-state index in [2.05, 4.69) is 12.2 Å². The third-order valence-corrected chi connectivity index (χ3v) is 2.68. The lowest BCUT2D eigenvalue weighted by atomic mass is 10.1. The number of unbranched alkanes of at least 4 members (excludes halogenated alkanes) is 2. The second kappa shape index (κ2) is 7.67. The first-order chi connectivity index (χ1) is 9.04. The molecular formula is C15H24N2O2. The van der Waals surface area contributed by atoms with Crippen LogP contribution in [0.1, 0.15) is 50.4 Å². The van der Waals surface area contributed by atoms with E-state index in [0.29, 0.717) is 23.5 Å². The molecule has 0 heterocycles. The van der Waals surface area contributed by atoms with Crippen molar-refractivity contribution >= 4 is 11.6 Å². The van der Waals surface area contributed by atoms with Crippen LogP contribution in [0, 0.1) is 0 Å². The number of nitrogens with two attached hydrogens (primary N) is 1. The third-order valence-electron chi connectivity index (χ3n) is 2.68. The number of carbonyl (C=O) groups is 1. The van der Waals surface area contributed by atoms with Gasteiger partial charge in [-0.1, -0.05) is 19.8 Å². The molecular weight excluding hydrogens is 240 g/mol. The predicted octanol–water partition coefficient (Wildman–Crippen LogP) is 2.98. The van der Waals surface area contributed by atoms with Crippen LogP contribution in [0.25, 0.3) is 0 Å². The Morgan fingerprint density at radius 1 is 1.37 bits per heavy atom. The molecule has 0 aliphatic carbocycles. The fourth-order valence-electron chi connectivity index (χ4n) is 1.75. The van der Waals surface area contributed by atoms with Gasteiger partial charge in [0.2, 0.25) is 0 Å². The van der Waals surface area contributed by atoms with Crippen molar-refractivity contribution in [3.63, 3.8) is 0 Å². The zero-order valence-corrected chi connectivity index (χ0v) is 12.0. The van der Waals surface area contributed by atoms with Gasteiger partial charge in [0, 0.05) is 12.2 Å². The molecule has 3 N–H and O–H groups in total. The fraction of sp³-hybridized carbons (Fsp3) is 0.533. The molecule has 0 fully saturated rings. The number of anilines is 1. The van der Waals surface area contributed by atoms with Gasteiger partial charge in [-0.15, -0.1) is 0 Å². The van der Waals surface area contributed by atoms with Crippen LogP contribution in [0.3, 0.4) is 0 Å². The summed E-state index contributed by atoms with van der Waals surface area (Å²) in [4.78, 5) is 12.1. The average molecular weight is 264 g/mol. The number of benzene rings is 1. The van der Waals surface area contributed by atoms with E-state index in [4.69, 9.17) is 10.5 Å². The summed E-state index contributed by atoms with van der Waals surface area (Å²) >= 11 is 0. The maximum atomic E-state index is 12.1. The van der Waals surface area contributed by atoms with Crippen molar-refractivity contribution in [1.82, 2.24) is 5.32 Å². The molecule has 0 aliphatic rings. The second-order valence-corrected chi connectivity index (χ2v) is 4.89. The van der Waals surface area contributed by atoms with Crippen molar-refractivity contribution < 1.29 is 9.53 Å². The van der Waals surface area contributed by atoms with Gasteiger partial charge in [-0.25, -0.2) is 0 Å². The monoisotopic (exact) mass is 264 g/mol. The molecule has 19 heavy (non-hydrogen) atoms. The Balaban J connectivity index is 2.73. The van der Waals surface area contributed by atoms with Crippen molar-refractivity contribution in [3.8, 4) is 5.75 Å². The normalized spacial score (nSPS) is 10.5. The van der Waals surface area contributed by atoms with Gasteiger partial charge in [-0.05, 0) is 38.5 Å². The molecule has 0 aliphatic heterocycles. The summed E-state index contributed by atoms with van der Waals surface area (Å²) in [6.07, 6.45) is 3.27. The van der Waals surface area contributed by atoms with E-state index >= 15 is 0 Å². The van der Waals surface area contributed by atoms with Gasteiger partial charge in [-0.2, -0.15) is 0 Å². The molecule has 0 unspecified atom stereocenters. The number of amides is 1. The molecule has 0 bridgehead atoms. The molecule has 4 nitrogen and oxygen atoms in total. The molecule has 0 atom stereocenters. The molecule has 0 saturated carbocycles. The molecule has 0 spiro atoms. The first-order valence-electron chi connectivity index (χ1n) is 6.89. The predicted molar refractivity (Wildman–Crippen MR) is 78.5 cm³/mol. The SMILES string of the molecule is CCCCCNC(=O)c1cc(N)ccc1OC(C)C. The van der Waals surface area contributed by atoms with E-state index in [-0.39, 0.29) is 12.0 Å². The Morgan fingerprint density at radius 3 is 2.74 bits per heavy atom. The maximum Gasteiger partial charge on any atom is 0.255 e. The fourth-order valence-corrected chi connectivity index (χ4v) is 1.75. The molecule has 0 aromatic heterocycles. The zero-order valence-electron chi connectivity index (χ0n) is 12.0. The zero-order chi connectivity index (χ0) is 14.3. The molecule has 1 amide bonds. The lowest BCUT2D eigenvalue weighted by molar-refractivity contribution is 0.0947. The van der Waals surface area contributed by atoms with E-state index in [9.17, 15) is 4.79 Å². The van der Waals surface area contributed by atoms with Crippen LogP contribution in [0.15, 0.2) is 18.2 Å². The van der Waals surface area contributed by atoms with Gasteiger partial charge in [0.1, 0.15) is 5.75 Å². The van der Waals surface area contributed by atoms with Crippen LogP contribution in [0.5, 0.6) is 5.75 Å². The quantitative estimate of drug-likeness (QED) is 0.588. The Morgan fingerprint density at radius 2 is 2.11 bits per heavy atom. The van der Waals surface area contributed by atoms with Crippen LogP contribution in [-0.4, -0.2) is 18.6 Å². The molecule has 106 valence electrons. The highest BCUT2D eigenvalue weighted by Crippen LogP contribution is 2.22. The van der Waals surface area contributed by atoms with E-state index in [1.807, 2.05) is 13.8 Å². The first-order valence-corrected chi connectivity index (χ1v) is 6.89. The maximum absolute atomic E-state index is 12.1. The van der Waals surface area contributed by atoms with Gasteiger partial charge in [0.25, 0.3) is 5.91 Å². The van der Waals surface area contributed by atoms with Crippen LogP contribution in [0.4, 0.5) is 5.69 Å². The van der Waals surface area contributed by atoms with Crippen LogP contribution in [0.2, 0.25) is 0 Å². The molecule has 4 heteroatoms. The minimum absolute atomic E-state index is 0.0234. The molecule has 1 aromatic rings. The lowest BCUT2D eigenvalue weighted by Crippen LogP contribution is -2.25. The van der Waals surface area contributed by atoms with Crippen molar-refractivity contribution in [1.29, 1.82) is 0 Å². The smallest absolute Gasteiger partial charge is 0.255 e. The molecule has 0 saturated heterocycles. The van der Waals surface area contributed by atoms with Gasteiger partial charge < -0.3 is 15.8 Å². The Bertz CT molecular complexity index is 417. The van der Waals surface area contributed by atoms with E-state index < -0.39 is 0 Å². The summed E-state index contributed by atoms with van der Waals surface area (Å²) in [6, 6.07) is 5.15. The summed E-state index contributed by atoms with van der Waals surface area (Å²) in [6.45, 7) is 6.68. The van der Waals surface area contributed by atoms with Crippen molar-refractivity contribution in [2.75, 3.05) is 12.3 Å². The van der Waals surface area contributed by atoms with Crippen LogP contribution >= 0.6 is 0 Å². The standard InChI is InChI=1S/C15H24N2O2/c1-4-5-6-9-17-15(18)13-10-12(16)7-8-14(13)19-11(2)3/h7-8,10-11H,4-6,9,16H2,1-3H3,(H,17,18). The number of rotatable bonds is 7. The summed E-state index contributed by atoms with van der Waals surface area (Å²) in [5.41, 5.74) is 6.81. The highest BCUT2D eigenvalue weighted by molar-refractivity contribution is 5.97. The number of hydrogen-bond donors (Lipinski definition) is 2. The number of nitrogen functional groups attached to an aromatic ring is 1. The number of carbonyl (C=O) groups excluding carboxylic acids is 1. The Hall–Kier alpha value is -1.71. The first kappa shape index (κ1) is 15.3. The van der Waals surface area contributed by atoms with Crippen molar-refractivity contribution in [2.45, 2.75) is 46.1 Å². The van der Waals surface area contributed by atoms with Gasteiger partial charge in [0.15, 0.2) is 0 Å². The lowest BCUT2D eigenvalue weighted by Gasteiger charge is -2.14. The van der Waals surface area contributed by atoms with Gasteiger partial charge in [0.05, 0.1) is 11.7 Å². The largest absolute Gasteiger partial charge is 0.490 e. The minimum atomic E-state index is -0.126. The third kappa shape index (κ3) is 5.20. The van der Waals surface area contributed by atoms with E-state index in [1.54, 1.807) is 18.2 Å². The topological polar surface area (TPSA) is 64.4 Å². The average Bonchev–Trinajstić information content (AvgIpc) is 2.36. The van der Waals surface area contributed by atoms with E-state index in [1.165, 1.54) is 0 Å². The summed E-state index contributed by atoms with van der Waals surface area (Å²) in [7, 11) is 0. The highest BCUT2D eigenvalue weighted by atomic mass is 16.5. The molecule has 1 rings (SSSR count). The summed E-state index contributed by atoms with van der Waals surface area (Å²) in [5.74, 6) is 0.455. The van der Waals surface area contributed by atoms with E-state index in [0.717, 1.165) is 19.3 Å². The highest BCUT2D eigenvalue weighted by Gasteiger charge is 2.13. The van der Waals surface area contributed by atoms with Crippen molar-refractivity contribution in [2.24, 2.45) is 0 Å². The van der Waals surface area contributed by atoms with Gasteiger partial charge in [-0.3, -0.25) is 4.79 Å². The van der Waals surface area contributed by atoms with Crippen LogP contribution in [-0.2, 0) is 0 Å². The van der Waals surface area contributed by atoms with Crippen LogP contribution < -0.4 is 15.8 Å². The number of ether oxygens (including phenoxy) is 1. The van der Waals surface area contributed by atoms with Gasteiger partial charge >= 0.3 is 0 Å². The molecule has 0 radical (unpaired) electrons. The minimum Gasteiger partial charge on any atom is -0.490 e. The number of nitrogens with one attached hydrogen (secondary N) is 1. The Kier molecular flexibility index (Phi) is 6.19. The summed E-state index contributed by atoms with van der Waals surface area (Å²) < 4.78 is 5.63.